The maximum absolute atomic E-state index is 13.5. The van der Waals surface area contributed by atoms with Crippen molar-refractivity contribution in [1.82, 2.24) is 4.90 Å². The molecule has 1 N–H and O–H groups in total. The van der Waals surface area contributed by atoms with Gasteiger partial charge in [0, 0.05) is 0 Å². The lowest BCUT2D eigenvalue weighted by molar-refractivity contribution is -0.159. The molecule has 1 aliphatic heterocycles. The van der Waals surface area contributed by atoms with Crippen LogP contribution in [0, 0.1) is 0 Å². The van der Waals surface area contributed by atoms with Crippen molar-refractivity contribution in [2.24, 2.45) is 0 Å². The van der Waals surface area contributed by atoms with Gasteiger partial charge >= 0.3 is 6.09 Å². The van der Waals surface area contributed by atoms with Crippen LogP contribution in [0.4, 0.5) is 4.79 Å². The number of amides is 2. The van der Waals surface area contributed by atoms with E-state index in [1.165, 1.54) is 6.08 Å². The lowest BCUT2D eigenvalue weighted by Crippen LogP contribution is -2.51. The molecule has 1 heterocycles. The Balaban J connectivity index is 1.72. The molecule has 0 bridgehead atoms. The van der Waals surface area contributed by atoms with Gasteiger partial charge in [-0.2, -0.15) is 0 Å². The number of rotatable bonds is 14. The topological polar surface area (TPSA) is 85.3 Å². The third kappa shape index (κ3) is 7.62. The third-order valence-electron chi connectivity index (χ3n) is 5.70. The number of carbonyl (C=O) groups excluding carboxylic acids is 2. The number of imide groups is 1. The fourth-order valence-electron chi connectivity index (χ4n) is 3.95. The first-order valence-corrected chi connectivity index (χ1v) is 11.7. The van der Waals surface area contributed by atoms with Crippen LogP contribution < -0.4 is 0 Å². The molecule has 7 nitrogen and oxygen atoms in total. The summed E-state index contributed by atoms with van der Waals surface area (Å²) in [6.07, 6.45) is 0.373. The van der Waals surface area contributed by atoms with Crippen LogP contribution >= 0.6 is 0 Å². The average Bonchev–Trinajstić information content (AvgIpc) is 3.23. The van der Waals surface area contributed by atoms with Crippen LogP contribution in [0.3, 0.4) is 0 Å². The summed E-state index contributed by atoms with van der Waals surface area (Å²) in [6, 6.07) is 18.7. The molecule has 1 aliphatic rings. The quantitative estimate of drug-likeness (QED) is 0.412. The van der Waals surface area contributed by atoms with Crippen molar-refractivity contribution in [3.8, 4) is 0 Å². The van der Waals surface area contributed by atoms with Gasteiger partial charge in [-0.3, -0.25) is 4.79 Å². The molecular formula is C28H33NO6. The maximum Gasteiger partial charge on any atom is 0.417 e. The molecule has 2 aromatic carbocycles. The molecule has 7 heteroatoms. The molecule has 2 amide bonds. The zero-order chi connectivity index (χ0) is 25.0. The van der Waals surface area contributed by atoms with Crippen molar-refractivity contribution in [3.05, 3.63) is 97.1 Å². The van der Waals surface area contributed by atoms with Crippen molar-refractivity contribution < 1.29 is 28.9 Å². The standard InChI is InChI=1S/C28H33NO6/c1-3-11-24(20-33-18-22-15-9-6-10-16-22)35-26(25(30)12-4-2)27(31)29-23(19-34-28(29)32)17-21-13-7-5-8-14-21/h3-10,13-16,23-26,30H,1-2,11-12,17-20H2/t23-,24-,25+,26-/m1/s1. The smallest absolute Gasteiger partial charge is 0.417 e. The molecule has 0 spiro atoms. The summed E-state index contributed by atoms with van der Waals surface area (Å²) in [7, 11) is 0. The summed E-state index contributed by atoms with van der Waals surface area (Å²) in [5.74, 6) is -0.639. The van der Waals surface area contributed by atoms with E-state index in [4.69, 9.17) is 14.2 Å². The Labute approximate surface area is 206 Å². The van der Waals surface area contributed by atoms with Gasteiger partial charge in [-0.25, -0.2) is 9.69 Å². The van der Waals surface area contributed by atoms with Crippen molar-refractivity contribution >= 4 is 12.0 Å². The van der Waals surface area contributed by atoms with Gasteiger partial charge in [-0.15, -0.1) is 13.2 Å². The predicted octanol–water partition coefficient (Wildman–Crippen LogP) is 4.06. The number of cyclic esters (lactones) is 1. The molecule has 0 radical (unpaired) electrons. The van der Waals surface area contributed by atoms with E-state index in [9.17, 15) is 14.7 Å². The predicted molar refractivity (Wildman–Crippen MR) is 133 cm³/mol. The second-order valence-corrected chi connectivity index (χ2v) is 8.42. The van der Waals surface area contributed by atoms with E-state index in [0.717, 1.165) is 16.0 Å². The van der Waals surface area contributed by atoms with Gasteiger partial charge in [-0.1, -0.05) is 72.8 Å². The van der Waals surface area contributed by atoms with Gasteiger partial charge in [0.25, 0.3) is 5.91 Å². The maximum atomic E-state index is 13.5. The van der Waals surface area contributed by atoms with Crippen LogP contribution in [0.5, 0.6) is 0 Å². The first-order valence-electron chi connectivity index (χ1n) is 11.7. The lowest BCUT2D eigenvalue weighted by Gasteiger charge is -2.30. The average molecular weight is 480 g/mol. The third-order valence-corrected chi connectivity index (χ3v) is 5.70. The Kier molecular flexibility index (Phi) is 10.2. The number of hydrogen-bond donors (Lipinski definition) is 1. The van der Waals surface area contributed by atoms with E-state index in [2.05, 4.69) is 13.2 Å². The van der Waals surface area contributed by atoms with E-state index >= 15 is 0 Å². The minimum Gasteiger partial charge on any atom is -0.447 e. The number of aliphatic hydroxyl groups excluding tert-OH is 1. The minimum absolute atomic E-state index is 0.0833. The van der Waals surface area contributed by atoms with Crippen LogP contribution in [-0.4, -0.2) is 59.6 Å². The highest BCUT2D eigenvalue weighted by Gasteiger charge is 2.43. The molecule has 0 aromatic heterocycles. The summed E-state index contributed by atoms with van der Waals surface area (Å²) in [4.78, 5) is 27.1. The van der Waals surface area contributed by atoms with Gasteiger partial charge in [0.2, 0.25) is 0 Å². The van der Waals surface area contributed by atoms with Gasteiger partial charge in [0.05, 0.1) is 31.5 Å². The van der Waals surface area contributed by atoms with Gasteiger partial charge in [-0.05, 0) is 30.4 Å². The Hall–Kier alpha value is -3.26. The Bertz CT molecular complexity index is 964. The summed E-state index contributed by atoms with van der Waals surface area (Å²) in [5, 5.41) is 10.8. The van der Waals surface area contributed by atoms with Crippen LogP contribution in [-0.2, 0) is 32.0 Å². The number of ether oxygens (including phenoxy) is 3. The summed E-state index contributed by atoms with van der Waals surface area (Å²) in [6.45, 7) is 8.06. The molecule has 4 atom stereocenters. The number of carbonyl (C=O) groups is 2. The zero-order valence-electron chi connectivity index (χ0n) is 19.8. The molecule has 0 unspecified atom stereocenters. The van der Waals surface area contributed by atoms with Crippen LogP contribution in [0.1, 0.15) is 24.0 Å². The number of benzene rings is 2. The monoisotopic (exact) mass is 479 g/mol. The van der Waals surface area contributed by atoms with E-state index in [1.54, 1.807) is 6.08 Å². The van der Waals surface area contributed by atoms with Crippen molar-refractivity contribution in [1.29, 1.82) is 0 Å². The molecule has 1 saturated heterocycles. The molecule has 1 fully saturated rings. The van der Waals surface area contributed by atoms with E-state index in [1.807, 2.05) is 60.7 Å². The highest BCUT2D eigenvalue weighted by atomic mass is 16.6. The van der Waals surface area contributed by atoms with Gasteiger partial charge in [0.15, 0.2) is 6.10 Å². The first-order chi connectivity index (χ1) is 17.0. The van der Waals surface area contributed by atoms with Crippen molar-refractivity contribution in [2.45, 2.75) is 50.2 Å². The van der Waals surface area contributed by atoms with Crippen molar-refractivity contribution in [3.63, 3.8) is 0 Å². The molecule has 35 heavy (non-hydrogen) atoms. The molecule has 3 rings (SSSR count). The van der Waals surface area contributed by atoms with Crippen molar-refractivity contribution in [2.75, 3.05) is 13.2 Å². The number of nitrogens with zero attached hydrogens (tertiary/aromatic N) is 1. The zero-order valence-corrected chi connectivity index (χ0v) is 19.8. The number of hydrogen-bond acceptors (Lipinski definition) is 6. The highest BCUT2D eigenvalue weighted by molar-refractivity contribution is 5.96. The molecule has 2 aromatic rings. The number of aliphatic hydroxyl groups is 1. The van der Waals surface area contributed by atoms with E-state index < -0.39 is 36.4 Å². The summed E-state index contributed by atoms with van der Waals surface area (Å²) in [5.41, 5.74) is 1.98. The lowest BCUT2D eigenvalue weighted by atomic mass is 10.0. The molecular weight excluding hydrogens is 446 g/mol. The highest BCUT2D eigenvalue weighted by Crippen LogP contribution is 2.22. The fraction of sp³-hybridized carbons (Fsp3) is 0.357. The second kappa shape index (κ2) is 13.6. The summed E-state index contributed by atoms with van der Waals surface area (Å²) < 4.78 is 17.1. The summed E-state index contributed by atoms with van der Waals surface area (Å²) >= 11 is 0. The molecule has 186 valence electrons. The Morgan fingerprint density at radius 1 is 1.06 bits per heavy atom. The van der Waals surface area contributed by atoms with Gasteiger partial charge in [0.1, 0.15) is 6.61 Å². The first kappa shape index (κ1) is 26.3. The van der Waals surface area contributed by atoms with Crippen LogP contribution in [0.25, 0.3) is 0 Å². The molecule has 0 saturated carbocycles. The molecule has 0 aliphatic carbocycles. The normalized spacial score (nSPS) is 17.9. The Morgan fingerprint density at radius 3 is 2.31 bits per heavy atom. The van der Waals surface area contributed by atoms with Gasteiger partial charge < -0.3 is 19.3 Å². The minimum atomic E-state index is -1.29. The fourth-order valence-corrected chi connectivity index (χ4v) is 3.95. The van der Waals surface area contributed by atoms with E-state index in [0.29, 0.717) is 19.4 Å². The van der Waals surface area contributed by atoms with Crippen LogP contribution in [0.15, 0.2) is 86.0 Å². The van der Waals surface area contributed by atoms with E-state index in [-0.39, 0.29) is 19.6 Å². The second-order valence-electron chi connectivity index (χ2n) is 8.42. The largest absolute Gasteiger partial charge is 0.447 e. The Morgan fingerprint density at radius 2 is 1.69 bits per heavy atom. The SMILES string of the molecule is C=CC[C@H](COCc1ccccc1)O[C@@H](C(=O)N1C(=O)OC[C@H]1Cc1ccccc1)[C@@H](O)CC=C. The van der Waals surface area contributed by atoms with Crippen LogP contribution in [0.2, 0.25) is 0 Å².